The van der Waals surface area contributed by atoms with E-state index in [9.17, 15) is 17.1 Å². The normalized spacial score (nSPS) is 21.8. The number of likely N-dealkylation sites (tertiary alicyclic amines) is 2. The van der Waals surface area contributed by atoms with Gasteiger partial charge < -0.3 is 14.4 Å². The fraction of sp³-hybridized carbons (Fsp3) is 0.350. The molecule has 2 aliphatic rings. The Balaban J connectivity index is 1.34. The number of nitrogens with zero attached hydrogens (tertiary/aromatic N) is 2. The maximum absolute atomic E-state index is 12.6. The van der Waals surface area contributed by atoms with E-state index in [1.54, 1.807) is 0 Å². The third kappa shape index (κ3) is 4.86. The van der Waals surface area contributed by atoms with Gasteiger partial charge in [0.15, 0.2) is 0 Å². The minimum absolute atomic E-state index is 0.155. The molecule has 154 valence electrons. The number of carbonyl (C=O) groups excluding carboxylic acids is 1. The highest BCUT2D eigenvalue weighted by molar-refractivity contribution is 7.81. The van der Waals surface area contributed by atoms with Gasteiger partial charge in [-0.25, -0.2) is 4.79 Å². The topological polar surface area (TPSA) is 78.9 Å². The lowest BCUT2D eigenvalue weighted by molar-refractivity contribution is 0.204. The molecule has 0 aliphatic carbocycles. The van der Waals surface area contributed by atoms with Gasteiger partial charge in [-0.2, -0.15) is 8.42 Å². The molecule has 0 spiro atoms. The molecule has 29 heavy (non-hydrogen) atoms. The number of fused-ring (bicyclic) bond motifs is 1. The van der Waals surface area contributed by atoms with Gasteiger partial charge in [0.05, 0.1) is 0 Å². The maximum Gasteiger partial charge on any atom is 0.488 e. The van der Waals surface area contributed by atoms with Crippen LogP contribution in [0.1, 0.15) is 12.0 Å². The zero-order valence-corrected chi connectivity index (χ0v) is 16.5. The smallest absolute Gasteiger partial charge is 0.358 e. The summed E-state index contributed by atoms with van der Waals surface area (Å²) in [5.41, 5.74) is 1.76. The van der Waals surface area contributed by atoms with Crippen molar-refractivity contribution in [3.05, 3.63) is 60.2 Å². The number of urea groups is 1. The van der Waals surface area contributed by atoms with Crippen LogP contribution in [0.2, 0.25) is 0 Å². The Bertz CT molecular complexity index is 969. The van der Waals surface area contributed by atoms with Crippen LogP contribution in [0.25, 0.3) is 0 Å². The van der Waals surface area contributed by atoms with Crippen LogP contribution in [0.4, 0.5) is 14.4 Å². The fourth-order valence-electron chi connectivity index (χ4n) is 4.14. The average molecular weight is 419 g/mol. The lowest BCUT2D eigenvalue weighted by Gasteiger charge is -2.25. The van der Waals surface area contributed by atoms with Crippen LogP contribution in [0.15, 0.2) is 54.6 Å². The number of hydrogen-bond donors (Lipinski definition) is 1. The molecule has 2 aromatic carbocycles. The van der Waals surface area contributed by atoms with Crippen LogP contribution >= 0.6 is 0 Å². The zero-order valence-electron chi connectivity index (χ0n) is 15.7. The standard InChI is InChI=1S/C20H22FN3O4S/c21-29(26,27)28-18-8-6-17(7-9-18)22-20(25)24-13-16-10-11-23(19(16)14-24)12-15-4-2-1-3-5-15/h1-9,16,19H,10-14H2,(H,22,25)/t16-,19+/m0/s1. The van der Waals surface area contributed by atoms with Crippen molar-refractivity contribution in [3.8, 4) is 5.75 Å². The third-order valence-corrected chi connectivity index (χ3v) is 5.87. The number of carbonyl (C=O) groups is 1. The molecular formula is C20H22FN3O4S. The first-order chi connectivity index (χ1) is 13.9. The van der Waals surface area contributed by atoms with Crippen LogP contribution in [-0.4, -0.2) is 49.9 Å². The summed E-state index contributed by atoms with van der Waals surface area (Å²) in [6.07, 6.45) is 1.07. The number of hydrogen-bond acceptors (Lipinski definition) is 5. The van der Waals surface area contributed by atoms with Gasteiger partial charge in [-0.15, -0.1) is 0 Å². The van der Waals surface area contributed by atoms with Crippen LogP contribution in [0, 0.1) is 5.92 Å². The molecule has 0 bridgehead atoms. The predicted octanol–water partition coefficient (Wildman–Crippen LogP) is 3.02. The fourth-order valence-corrected chi connectivity index (χ4v) is 4.48. The zero-order chi connectivity index (χ0) is 20.4. The van der Waals surface area contributed by atoms with E-state index in [-0.39, 0.29) is 11.8 Å². The lowest BCUT2D eigenvalue weighted by Crippen LogP contribution is -2.38. The molecule has 0 radical (unpaired) electrons. The van der Waals surface area contributed by atoms with Crippen molar-refractivity contribution in [1.29, 1.82) is 0 Å². The molecule has 2 aliphatic heterocycles. The predicted molar refractivity (Wildman–Crippen MR) is 106 cm³/mol. The average Bonchev–Trinajstić information content (AvgIpc) is 3.25. The third-order valence-electron chi connectivity index (χ3n) is 5.48. The van der Waals surface area contributed by atoms with Gasteiger partial charge in [-0.05, 0) is 48.7 Å². The molecule has 7 nitrogen and oxygen atoms in total. The van der Waals surface area contributed by atoms with Crippen molar-refractivity contribution in [2.45, 2.75) is 19.0 Å². The second kappa shape index (κ2) is 8.00. The van der Waals surface area contributed by atoms with Crippen molar-refractivity contribution in [3.63, 3.8) is 0 Å². The van der Waals surface area contributed by atoms with E-state index < -0.39 is 10.5 Å². The Kier molecular flexibility index (Phi) is 5.42. The number of nitrogens with one attached hydrogen (secondary N) is 1. The maximum atomic E-state index is 12.6. The quantitative estimate of drug-likeness (QED) is 0.754. The van der Waals surface area contributed by atoms with Gasteiger partial charge in [0.2, 0.25) is 0 Å². The Morgan fingerprint density at radius 1 is 1.10 bits per heavy atom. The first-order valence-electron chi connectivity index (χ1n) is 9.45. The minimum atomic E-state index is -5.06. The van der Waals surface area contributed by atoms with Gasteiger partial charge >= 0.3 is 16.5 Å². The molecule has 2 aromatic rings. The van der Waals surface area contributed by atoms with Crippen molar-refractivity contribution in [1.82, 2.24) is 9.80 Å². The van der Waals surface area contributed by atoms with E-state index in [2.05, 4.69) is 26.5 Å². The second-order valence-electron chi connectivity index (χ2n) is 7.41. The number of halogens is 1. The van der Waals surface area contributed by atoms with Crippen LogP contribution in [0.5, 0.6) is 5.75 Å². The van der Waals surface area contributed by atoms with Gasteiger partial charge in [-0.1, -0.05) is 34.2 Å². The van der Waals surface area contributed by atoms with Crippen molar-refractivity contribution in [2.75, 3.05) is 25.0 Å². The van der Waals surface area contributed by atoms with E-state index in [1.807, 2.05) is 23.1 Å². The summed E-state index contributed by atoms with van der Waals surface area (Å²) in [5.74, 6) is 0.313. The summed E-state index contributed by atoms with van der Waals surface area (Å²) in [6.45, 7) is 3.31. The Morgan fingerprint density at radius 3 is 2.52 bits per heavy atom. The highest BCUT2D eigenvalue weighted by Gasteiger charge is 2.42. The van der Waals surface area contributed by atoms with E-state index in [0.29, 0.717) is 30.7 Å². The molecule has 2 atom stereocenters. The molecule has 0 saturated carbocycles. The number of rotatable bonds is 5. The van der Waals surface area contributed by atoms with Gasteiger partial charge in [0.25, 0.3) is 0 Å². The molecule has 2 saturated heterocycles. The van der Waals surface area contributed by atoms with Crippen molar-refractivity contribution < 1.29 is 21.3 Å². The highest BCUT2D eigenvalue weighted by Crippen LogP contribution is 2.33. The second-order valence-corrected chi connectivity index (χ2v) is 8.36. The van der Waals surface area contributed by atoms with Gasteiger partial charge in [0.1, 0.15) is 5.75 Å². The van der Waals surface area contributed by atoms with Crippen molar-refractivity contribution in [2.24, 2.45) is 5.92 Å². The highest BCUT2D eigenvalue weighted by atomic mass is 32.3. The SMILES string of the molecule is O=C(Nc1ccc(OS(=O)(=O)F)cc1)N1C[C@@H]2CCN(Cc3ccccc3)[C@@H]2C1. The molecule has 2 heterocycles. The van der Waals surface area contributed by atoms with E-state index in [0.717, 1.165) is 19.5 Å². The first-order valence-corrected chi connectivity index (χ1v) is 10.8. The summed E-state index contributed by atoms with van der Waals surface area (Å²) in [6, 6.07) is 16.0. The largest absolute Gasteiger partial charge is 0.488 e. The van der Waals surface area contributed by atoms with E-state index in [4.69, 9.17) is 0 Å². The van der Waals surface area contributed by atoms with Crippen LogP contribution in [-0.2, 0) is 17.0 Å². The van der Waals surface area contributed by atoms with Crippen LogP contribution < -0.4 is 9.50 Å². The van der Waals surface area contributed by atoms with E-state index >= 15 is 0 Å². The monoisotopic (exact) mass is 419 g/mol. The van der Waals surface area contributed by atoms with Crippen molar-refractivity contribution >= 4 is 22.2 Å². The van der Waals surface area contributed by atoms with E-state index in [1.165, 1.54) is 29.8 Å². The summed E-state index contributed by atoms with van der Waals surface area (Å²) in [4.78, 5) is 16.9. The summed E-state index contributed by atoms with van der Waals surface area (Å²) in [7, 11) is -5.06. The molecule has 2 fully saturated rings. The summed E-state index contributed by atoms with van der Waals surface area (Å²) in [5, 5.41) is 2.80. The van der Waals surface area contributed by atoms with Gasteiger partial charge in [-0.3, -0.25) is 4.90 Å². The Labute approximate surface area is 169 Å². The number of anilines is 1. The summed E-state index contributed by atoms with van der Waals surface area (Å²) >= 11 is 0. The molecule has 9 heteroatoms. The number of amides is 2. The molecule has 0 unspecified atom stereocenters. The molecular weight excluding hydrogens is 397 g/mol. The Hall–Kier alpha value is -2.65. The molecule has 1 N–H and O–H groups in total. The minimum Gasteiger partial charge on any atom is -0.358 e. The Morgan fingerprint density at radius 2 is 1.83 bits per heavy atom. The summed E-state index contributed by atoms with van der Waals surface area (Å²) < 4.78 is 37.7. The number of benzene rings is 2. The molecule has 4 rings (SSSR count). The first kappa shape index (κ1) is 19.7. The molecule has 2 amide bonds. The lowest BCUT2D eigenvalue weighted by atomic mass is 10.0. The molecule has 0 aromatic heterocycles. The van der Waals surface area contributed by atoms with Crippen LogP contribution in [0.3, 0.4) is 0 Å². The van der Waals surface area contributed by atoms with Gasteiger partial charge in [0, 0.05) is 31.4 Å².